The molecule has 3 rings (SSSR count). The van der Waals surface area contributed by atoms with Crippen LogP contribution in [-0.2, 0) is 17.5 Å². The van der Waals surface area contributed by atoms with Gasteiger partial charge in [-0.15, -0.1) is 0 Å². The van der Waals surface area contributed by atoms with E-state index in [9.17, 15) is 18.0 Å². The first-order chi connectivity index (χ1) is 13.3. The maximum atomic E-state index is 13.0. The van der Waals surface area contributed by atoms with Crippen molar-refractivity contribution in [1.82, 2.24) is 0 Å². The molecule has 1 amide bonds. The number of anilines is 1. The lowest BCUT2D eigenvalue weighted by atomic mass is 10.1. The predicted octanol–water partition coefficient (Wildman–Crippen LogP) is 4.40. The molecule has 4 nitrogen and oxygen atoms in total. The summed E-state index contributed by atoms with van der Waals surface area (Å²) in [4.78, 5) is 12.9. The lowest BCUT2D eigenvalue weighted by Crippen LogP contribution is -2.85. The van der Waals surface area contributed by atoms with E-state index in [1.165, 1.54) is 6.26 Å². The average molecular weight is 410 g/mol. The summed E-state index contributed by atoms with van der Waals surface area (Å²) in [7, 11) is 0. The summed E-state index contributed by atoms with van der Waals surface area (Å²) in [6.45, 7) is 0.385. The number of hydrogen-bond acceptors (Lipinski definition) is 2. The third-order valence-corrected chi connectivity index (χ3v) is 4.46. The zero-order chi connectivity index (χ0) is 20.1. The summed E-state index contributed by atoms with van der Waals surface area (Å²) < 4.78 is 44.2. The number of quaternary nitrogens is 1. The van der Waals surface area contributed by atoms with Crippen molar-refractivity contribution in [3.63, 3.8) is 0 Å². The van der Waals surface area contributed by atoms with Crippen LogP contribution < -0.4 is 10.6 Å². The van der Waals surface area contributed by atoms with Gasteiger partial charge in [0, 0.05) is 5.56 Å². The Kier molecular flexibility index (Phi) is 6.06. The largest absolute Gasteiger partial charge is 0.463 e. The lowest BCUT2D eigenvalue weighted by molar-refractivity contribution is -0.699. The molecule has 0 saturated carbocycles. The molecule has 3 aromatic rings. The second kappa shape index (κ2) is 8.50. The van der Waals surface area contributed by atoms with Crippen molar-refractivity contribution in [2.24, 2.45) is 0 Å². The Labute approximate surface area is 164 Å². The molecular weight excluding hydrogens is 393 g/mol. The standard InChI is InChI=1S/C20H16ClF3N2O2/c21-16-9-8-14(20(22,23)24)11-17(16)26-19(27)18(13-5-2-1-3-6-13)25-12-15-7-4-10-28-15/h1-11,18,25H,12H2,(H,26,27)/p+1/t18-/m1/s1. The summed E-state index contributed by atoms with van der Waals surface area (Å²) in [6.07, 6.45) is -3.00. The molecule has 0 aliphatic carbocycles. The predicted molar refractivity (Wildman–Crippen MR) is 98.6 cm³/mol. The Morgan fingerprint density at radius 3 is 2.50 bits per heavy atom. The molecule has 1 heterocycles. The molecule has 28 heavy (non-hydrogen) atoms. The smallest absolute Gasteiger partial charge is 0.416 e. The highest BCUT2D eigenvalue weighted by Crippen LogP contribution is 2.34. The van der Waals surface area contributed by atoms with Gasteiger partial charge in [-0.2, -0.15) is 13.2 Å². The first-order valence-electron chi connectivity index (χ1n) is 8.43. The number of carbonyl (C=O) groups is 1. The van der Waals surface area contributed by atoms with Crippen LogP contribution in [0.25, 0.3) is 0 Å². The molecule has 1 atom stereocenters. The molecular formula is C20H17ClF3N2O2+. The number of amides is 1. The fraction of sp³-hybridized carbons (Fsp3) is 0.150. The van der Waals surface area contributed by atoms with Crippen LogP contribution in [0.3, 0.4) is 0 Å². The van der Waals surface area contributed by atoms with Crippen LogP contribution in [-0.4, -0.2) is 5.91 Å². The SMILES string of the molecule is O=C(Nc1cc(C(F)(F)F)ccc1Cl)[C@H]([NH2+]Cc1ccco1)c1ccccc1. The number of nitrogens with one attached hydrogen (secondary N) is 1. The van der Waals surface area contributed by atoms with E-state index in [-0.39, 0.29) is 10.7 Å². The van der Waals surface area contributed by atoms with E-state index in [2.05, 4.69) is 5.32 Å². The van der Waals surface area contributed by atoms with E-state index in [1.807, 2.05) is 6.07 Å². The van der Waals surface area contributed by atoms with Gasteiger partial charge in [-0.05, 0) is 30.3 Å². The van der Waals surface area contributed by atoms with Crippen LogP contribution in [0, 0.1) is 0 Å². The zero-order valence-electron chi connectivity index (χ0n) is 14.5. The second-order valence-corrected chi connectivity index (χ2v) is 6.50. The highest BCUT2D eigenvalue weighted by atomic mass is 35.5. The van der Waals surface area contributed by atoms with Gasteiger partial charge in [0.1, 0.15) is 6.54 Å². The molecule has 0 fully saturated rings. The first-order valence-corrected chi connectivity index (χ1v) is 8.80. The van der Waals surface area contributed by atoms with E-state index in [0.717, 1.165) is 18.2 Å². The lowest BCUT2D eigenvalue weighted by Gasteiger charge is -2.17. The zero-order valence-corrected chi connectivity index (χ0v) is 15.3. The minimum absolute atomic E-state index is 0.0270. The van der Waals surface area contributed by atoms with Crippen molar-refractivity contribution in [2.45, 2.75) is 18.8 Å². The van der Waals surface area contributed by atoms with Gasteiger partial charge in [-0.25, -0.2) is 0 Å². The Bertz CT molecular complexity index is 928. The van der Waals surface area contributed by atoms with Gasteiger partial charge < -0.3 is 15.1 Å². The second-order valence-electron chi connectivity index (χ2n) is 6.09. The summed E-state index contributed by atoms with van der Waals surface area (Å²) in [5, 5.41) is 4.29. The average Bonchev–Trinajstić information content (AvgIpc) is 3.17. The van der Waals surface area contributed by atoms with Crippen molar-refractivity contribution in [3.8, 4) is 0 Å². The monoisotopic (exact) mass is 409 g/mol. The minimum atomic E-state index is -4.53. The van der Waals surface area contributed by atoms with E-state index in [4.69, 9.17) is 16.0 Å². The highest BCUT2D eigenvalue weighted by molar-refractivity contribution is 6.33. The maximum absolute atomic E-state index is 13.0. The topological polar surface area (TPSA) is 58.9 Å². The third-order valence-electron chi connectivity index (χ3n) is 4.13. The third kappa shape index (κ3) is 4.94. The Morgan fingerprint density at radius 1 is 1.11 bits per heavy atom. The Hall–Kier alpha value is -2.77. The van der Waals surface area contributed by atoms with Gasteiger partial charge in [0.05, 0.1) is 22.5 Å². The van der Waals surface area contributed by atoms with Crippen molar-refractivity contribution in [1.29, 1.82) is 0 Å². The molecule has 0 bridgehead atoms. The summed E-state index contributed by atoms with van der Waals surface area (Å²) in [5.74, 6) is 0.185. The van der Waals surface area contributed by atoms with E-state index < -0.39 is 23.7 Å². The van der Waals surface area contributed by atoms with Crippen molar-refractivity contribution >= 4 is 23.2 Å². The Morgan fingerprint density at radius 2 is 1.86 bits per heavy atom. The van der Waals surface area contributed by atoms with Gasteiger partial charge in [-0.1, -0.05) is 41.9 Å². The quantitative estimate of drug-likeness (QED) is 0.634. The minimum Gasteiger partial charge on any atom is -0.463 e. The molecule has 2 aromatic carbocycles. The number of nitrogens with two attached hydrogens (primary N) is 1. The van der Waals surface area contributed by atoms with Crippen LogP contribution in [0.5, 0.6) is 0 Å². The van der Waals surface area contributed by atoms with Gasteiger partial charge in [0.15, 0.2) is 11.8 Å². The van der Waals surface area contributed by atoms with Gasteiger partial charge in [0.2, 0.25) is 0 Å². The van der Waals surface area contributed by atoms with Crippen molar-refractivity contribution in [3.05, 3.63) is 88.8 Å². The molecule has 0 aliphatic heterocycles. The fourth-order valence-corrected chi connectivity index (χ4v) is 2.89. The summed E-state index contributed by atoms with van der Waals surface area (Å²) >= 11 is 5.99. The van der Waals surface area contributed by atoms with Gasteiger partial charge in [-0.3, -0.25) is 4.79 Å². The molecule has 8 heteroatoms. The van der Waals surface area contributed by atoms with Crippen LogP contribution in [0.4, 0.5) is 18.9 Å². The fourth-order valence-electron chi connectivity index (χ4n) is 2.73. The molecule has 0 aliphatic rings. The molecule has 1 aromatic heterocycles. The maximum Gasteiger partial charge on any atom is 0.416 e. The summed E-state index contributed by atoms with van der Waals surface area (Å²) in [6, 6.07) is 14.6. The molecule has 3 N–H and O–H groups in total. The van der Waals surface area contributed by atoms with E-state index >= 15 is 0 Å². The molecule has 146 valence electrons. The van der Waals surface area contributed by atoms with E-state index in [1.54, 1.807) is 41.7 Å². The van der Waals surface area contributed by atoms with Crippen LogP contribution in [0.1, 0.15) is 22.9 Å². The number of rotatable bonds is 6. The summed E-state index contributed by atoms with van der Waals surface area (Å²) in [5.41, 5.74) is -0.272. The normalized spacial score (nSPS) is 12.6. The molecule has 0 spiro atoms. The van der Waals surface area contributed by atoms with E-state index in [0.29, 0.717) is 17.9 Å². The number of hydrogen-bond donors (Lipinski definition) is 2. The van der Waals surface area contributed by atoms with Crippen LogP contribution in [0.2, 0.25) is 5.02 Å². The Balaban J connectivity index is 1.83. The number of carbonyl (C=O) groups excluding carboxylic acids is 1. The van der Waals surface area contributed by atoms with Crippen LogP contribution in [0.15, 0.2) is 71.3 Å². The number of benzene rings is 2. The molecule has 0 radical (unpaired) electrons. The van der Waals surface area contributed by atoms with Crippen molar-refractivity contribution in [2.75, 3.05) is 5.32 Å². The van der Waals surface area contributed by atoms with Crippen molar-refractivity contribution < 1.29 is 27.7 Å². The number of halogens is 4. The van der Waals surface area contributed by atoms with Gasteiger partial charge >= 0.3 is 6.18 Å². The highest BCUT2D eigenvalue weighted by Gasteiger charge is 2.32. The number of furan rings is 1. The number of alkyl halides is 3. The van der Waals surface area contributed by atoms with Gasteiger partial charge in [0.25, 0.3) is 5.91 Å². The molecule has 0 unspecified atom stereocenters. The molecule has 0 saturated heterocycles. The first kappa shape index (κ1) is 20.0. The van der Waals surface area contributed by atoms with Crippen LogP contribution >= 0.6 is 11.6 Å².